The number of aromatic nitrogens is 3. The highest BCUT2D eigenvalue weighted by atomic mass is 16.4. The molecule has 0 bridgehead atoms. The number of imidazole rings is 1. The van der Waals surface area contributed by atoms with Crippen molar-refractivity contribution in [2.24, 2.45) is 5.16 Å². The van der Waals surface area contributed by atoms with E-state index in [1.807, 2.05) is 60.7 Å². The summed E-state index contributed by atoms with van der Waals surface area (Å²) in [5, 5.41) is 17.5. The molecule has 4 rings (SSSR count). The first-order valence-electron chi connectivity index (χ1n) is 7.76. The Balaban J connectivity index is 1.91. The van der Waals surface area contributed by atoms with Crippen molar-refractivity contribution in [1.82, 2.24) is 14.6 Å². The number of fused-ring (bicyclic) bond motifs is 1. The first kappa shape index (κ1) is 14.9. The maximum absolute atomic E-state index is 9.49. The van der Waals surface area contributed by atoms with Crippen molar-refractivity contribution in [1.29, 1.82) is 0 Å². The SMILES string of the molecule is Nc1nc2ccc(/C(=N/O)c3ccccc3)nn2c1-c1ccccc1. The first-order valence-corrected chi connectivity index (χ1v) is 7.76. The molecular formula is C19H15N5O. The van der Waals surface area contributed by atoms with Crippen molar-refractivity contribution in [2.45, 2.75) is 0 Å². The van der Waals surface area contributed by atoms with Gasteiger partial charge in [0.1, 0.15) is 17.1 Å². The first-order chi connectivity index (χ1) is 12.3. The standard InChI is InChI=1S/C19H15N5O/c20-19-18(14-9-5-2-6-10-14)24-16(21-19)12-11-15(22-24)17(23-25)13-7-3-1-4-8-13/h1-12,25H,20H2/b23-17+. The van der Waals surface area contributed by atoms with Gasteiger partial charge in [0, 0.05) is 11.1 Å². The van der Waals surface area contributed by atoms with E-state index in [0.29, 0.717) is 28.6 Å². The summed E-state index contributed by atoms with van der Waals surface area (Å²) in [6, 6.07) is 22.7. The van der Waals surface area contributed by atoms with Crippen LogP contribution < -0.4 is 5.73 Å². The van der Waals surface area contributed by atoms with Crippen molar-refractivity contribution in [2.75, 3.05) is 5.73 Å². The van der Waals surface area contributed by atoms with Gasteiger partial charge in [-0.25, -0.2) is 9.50 Å². The van der Waals surface area contributed by atoms with Crippen LogP contribution in [0.4, 0.5) is 5.82 Å². The average molecular weight is 329 g/mol. The lowest BCUT2D eigenvalue weighted by Crippen LogP contribution is -2.09. The van der Waals surface area contributed by atoms with E-state index in [4.69, 9.17) is 5.73 Å². The summed E-state index contributed by atoms with van der Waals surface area (Å²) in [5.41, 5.74) is 10.0. The number of benzene rings is 2. The van der Waals surface area contributed by atoms with Crippen LogP contribution in [0, 0.1) is 0 Å². The Morgan fingerprint density at radius 3 is 2.28 bits per heavy atom. The predicted molar refractivity (Wildman–Crippen MR) is 96.7 cm³/mol. The number of oxime groups is 1. The van der Waals surface area contributed by atoms with Gasteiger partial charge in [0.15, 0.2) is 11.5 Å². The van der Waals surface area contributed by atoms with Crippen LogP contribution in [0.5, 0.6) is 0 Å². The highest BCUT2D eigenvalue weighted by molar-refractivity contribution is 6.11. The van der Waals surface area contributed by atoms with Crippen LogP contribution in [0.1, 0.15) is 11.3 Å². The van der Waals surface area contributed by atoms with Gasteiger partial charge in [-0.1, -0.05) is 65.8 Å². The fraction of sp³-hybridized carbons (Fsp3) is 0. The fourth-order valence-corrected chi connectivity index (χ4v) is 2.80. The Hall–Kier alpha value is -3.67. The molecule has 25 heavy (non-hydrogen) atoms. The molecule has 0 saturated carbocycles. The summed E-state index contributed by atoms with van der Waals surface area (Å²) in [6.45, 7) is 0. The normalized spacial score (nSPS) is 11.8. The van der Waals surface area contributed by atoms with Crippen molar-refractivity contribution >= 4 is 17.2 Å². The third-order valence-corrected chi connectivity index (χ3v) is 3.94. The molecule has 6 heteroatoms. The largest absolute Gasteiger partial charge is 0.410 e. The topological polar surface area (TPSA) is 88.8 Å². The van der Waals surface area contributed by atoms with Gasteiger partial charge < -0.3 is 10.9 Å². The lowest BCUT2D eigenvalue weighted by molar-refractivity contribution is 0.319. The zero-order valence-corrected chi connectivity index (χ0v) is 13.2. The second-order valence-corrected chi connectivity index (χ2v) is 5.51. The van der Waals surface area contributed by atoms with E-state index >= 15 is 0 Å². The molecule has 0 aliphatic rings. The van der Waals surface area contributed by atoms with Gasteiger partial charge >= 0.3 is 0 Å². The second kappa shape index (κ2) is 6.09. The zero-order chi connectivity index (χ0) is 17.2. The molecule has 2 aromatic heterocycles. The quantitative estimate of drug-likeness (QED) is 0.343. The number of rotatable bonds is 3. The number of nitrogens with two attached hydrogens (primary N) is 1. The molecule has 0 fully saturated rings. The average Bonchev–Trinajstić information content (AvgIpc) is 2.99. The maximum atomic E-state index is 9.49. The van der Waals surface area contributed by atoms with Crippen LogP contribution in [0.3, 0.4) is 0 Å². The third-order valence-electron chi connectivity index (χ3n) is 3.94. The summed E-state index contributed by atoms with van der Waals surface area (Å²) < 4.78 is 1.67. The molecule has 0 spiro atoms. The number of nitrogens with zero attached hydrogens (tertiary/aromatic N) is 4. The van der Waals surface area contributed by atoms with Gasteiger partial charge in [-0.2, -0.15) is 5.10 Å². The summed E-state index contributed by atoms with van der Waals surface area (Å²) in [7, 11) is 0. The highest BCUT2D eigenvalue weighted by Gasteiger charge is 2.16. The van der Waals surface area contributed by atoms with Crippen LogP contribution in [0.15, 0.2) is 78.0 Å². The smallest absolute Gasteiger partial charge is 0.156 e. The molecule has 122 valence electrons. The van der Waals surface area contributed by atoms with Crippen LogP contribution in [0.2, 0.25) is 0 Å². The van der Waals surface area contributed by atoms with Crippen molar-refractivity contribution < 1.29 is 5.21 Å². The Morgan fingerprint density at radius 2 is 1.60 bits per heavy atom. The number of hydrogen-bond donors (Lipinski definition) is 2. The van der Waals surface area contributed by atoms with Crippen molar-refractivity contribution in [3.05, 3.63) is 84.1 Å². The molecule has 2 aromatic carbocycles. The fourth-order valence-electron chi connectivity index (χ4n) is 2.80. The van der Waals surface area contributed by atoms with Crippen LogP contribution in [-0.2, 0) is 0 Å². The van der Waals surface area contributed by atoms with Crippen LogP contribution >= 0.6 is 0 Å². The van der Waals surface area contributed by atoms with Gasteiger partial charge in [0.05, 0.1) is 0 Å². The minimum atomic E-state index is 0.383. The summed E-state index contributed by atoms with van der Waals surface area (Å²) >= 11 is 0. The van der Waals surface area contributed by atoms with Crippen molar-refractivity contribution in [3.63, 3.8) is 0 Å². The molecular weight excluding hydrogens is 314 g/mol. The van der Waals surface area contributed by atoms with Gasteiger partial charge in [-0.05, 0) is 12.1 Å². The number of nitrogen functional groups attached to an aromatic ring is 1. The lowest BCUT2D eigenvalue weighted by atomic mass is 10.1. The van der Waals surface area contributed by atoms with E-state index in [-0.39, 0.29) is 0 Å². The third kappa shape index (κ3) is 2.59. The van der Waals surface area contributed by atoms with Gasteiger partial charge in [-0.3, -0.25) is 0 Å². The highest BCUT2D eigenvalue weighted by Crippen LogP contribution is 2.26. The predicted octanol–water partition coefficient (Wildman–Crippen LogP) is 3.21. The van der Waals surface area contributed by atoms with Crippen LogP contribution in [0.25, 0.3) is 16.9 Å². The second-order valence-electron chi connectivity index (χ2n) is 5.51. The van der Waals surface area contributed by atoms with E-state index in [9.17, 15) is 5.21 Å². The van der Waals surface area contributed by atoms with E-state index in [0.717, 1.165) is 11.1 Å². The number of anilines is 1. The van der Waals surface area contributed by atoms with Crippen LogP contribution in [-0.4, -0.2) is 25.5 Å². The molecule has 0 unspecified atom stereocenters. The minimum absolute atomic E-state index is 0.383. The van der Waals surface area contributed by atoms with E-state index in [1.165, 1.54) is 0 Å². The van der Waals surface area contributed by atoms with Gasteiger partial charge in [0.2, 0.25) is 0 Å². The maximum Gasteiger partial charge on any atom is 0.156 e. The monoisotopic (exact) mass is 329 g/mol. The zero-order valence-electron chi connectivity index (χ0n) is 13.2. The van der Waals surface area contributed by atoms with Gasteiger partial charge in [0.25, 0.3) is 0 Å². The molecule has 3 N–H and O–H groups in total. The molecule has 0 aliphatic carbocycles. The van der Waals surface area contributed by atoms with E-state index in [2.05, 4.69) is 15.2 Å². The van der Waals surface area contributed by atoms with E-state index in [1.54, 1.807) is 16.6 Å². The molecule has 2 heterocycles. The molecule has 0 saturated heterocycles. The molecule has 0 radical (unpaired) electrons. The summed E-state index contributed by atoms with van der Waals surface area (Å²) in [5.74, 6) is 0.401. The summed E-state index contributed by atoms with van der Waals surface area (Å²) in [4.78, 5) is 4.36. The Kier molecular flexibility index (Phi) is 3.63. The Morgan fingerprint density at radius 1 is 0.920 bits per heavy atom. The molecule has 0 aliphatic heterocycles. The minimum Gasteiger partial charge on any atom is -0.410 e. The Labute approximate surface area is 143 Å². The van der Waals surface area contributed by atoms with Gasteiger partial charge in [-0.15, -0.1) is 0 Å². The summed E-state index contributed by atoms with van der Waals surface area (Å²) in [6.07, 6.45) is 0. The number of hydrogen-bond acceptors (Lipinski definition) is 5. The Bertz CT molecular complexity index is 1060. The molecule has 0 amide bonds. The lowest BCUT2D eigenvalue weighted by Gasteiger charge is -2.06. The van der Waals surface area contributed by atoms with E-state index < -0.39 is 0 Å². The molecule has 4 aromatic rings. The molecule has 0 atom stereocenters. The molecule has 6 nitrogen and oxygen atoms in total. The van der Waals surface area contributed by atoms with Crippen molar-refractivity contribution in [3.8, 4) is 11.3 Å².